The second-order valence-electron chi connectivity index (χ2n) is 3.10. The molecule has 0 aliphatic rings. The van der Waals surface area contributed by atoms with Crippen LogP contribution >= 0.6 is 0 Å². The van der Waals surface area contributed by atoms with Gasteiger partial charge in [0.1, 0.15) is 0 Å². The zero-order valence-corrected chi connectivity index (χ0v) is 7.72. The average molecular weight is 197 g/mol. The highest BCUT2D eigenvalue weighted by Gasteiger charge is 2.01. The van der Waals surface area contributed by atoms with Gasteiger partial charge in [0, 0.05) is 6.42 Å². The van der Waals surface area contributed by atoms with Gasteiger partial charge in [0.05, 0.1) is 0 Å². The molecule has 1 aromatic rings. The van der Waals surface area contributed by atoms with Crippen LogP contribution in [0.25, 0.3) is 0 Å². The summed E-state index contributed by atoms with van der Waals surface area (Å²) < 4.78 is 25.2. The van der Waals surface area contributed by atoms with Crippen molar-refractivity contribution >= 4 is 6.29 Å². The lowest BCUT2D eigenvalue weighted by molar-refractivity contribution is 0.506. The fourth-order valence-electron chi connectivity index (χ4n) is 1.22. The van der Waals surface area contributed by atoms with Crippen molar-refractivity contribution in [3.8, 4) is 0 Å². The van der Waals surface area contributed by atoms with E-state index in [1.807, 2.05) is 0 Å². The highest BCUT2D eigenvalue weighted by molar-refractivity contribution is 5.50. The second-order valence-corrected chi connectivity index (χ2v) is 3.10. The van der Waals surface area contributed by atoms with Crippen LogP contribution in [0.2, 0.25) is 0 Å². The molecule has 14 heavy (non-hydrogen) atoms. The fourth-order valence-corrected chi connectivity index (χ4v) is 1.22. The molecule has 0 saturated carbocycles. The third kappa shape index (κ3) is 3.24. The van der Waals surface area contributed by atoms with Crippen LogP contribution in [0.15, 0.2) is 18.2 Å². The number of benzene rings is 1. The minimum atomic E-state index is -0.824. The Bertz CT molecular complexity index is 310. The van der Waals surface area contributed by atoms with Crippen LogP contribution in [-0.4, -0.2) is 6.29 Å². The van der Waals surface area contributed by atoms with Gasteiger partial charge in [0.2, 0.25) is 0 Å². The molecule has 0 aliphatic heterocycles. The van der Waals surface area contributed by atoms with E-state index in [-0.39, 0.29) is 0 Å². The predicted molar refractivity (Wildman–Crippen MR) is 49.6 cm³/mol. The van der Waals surface area contributed by atoms with Gasteiger partial charge in [-0.1, -0.05) is 6.07 Å². The fraction of sp³-hybridized carbons (Fsp3) is 0.364. The summed E-state index contributed by atoms with van der Waals surface area (Å²) in [6.07, 6.45) is 4.39. The Labute approximate surface area is 81.7 Å². The molecule has 0 atom stereocenters. The van der Waals surface area contributed by atoms with Crippen molar-refractivity contribution in [2.75, 3.05) is 0 Å². The van der Waals surface area contributed by atoms with Gasteiger partial charge in [0.25, 0.3) is 0 Å². The third-order valence-electron chi connectivity index (χ3n) is 1.98. The first-order valence-corrected chi connectivity index (χ1v) is 4.53. The zero-order valence-electron chi connectivity index (χ0n) is 7.72. The second kappa shape index (κ2) is 5.47. The molecule has 1 radical (unpaired) electrons. The summed E-state index contributed by atoms with van der Waals surface area (Å²) in [5, 5.41) is 0. The van der Waals surface area contributed by atoms with Gasteiger partial charge in [-0.15, -0.1) is 0 Å². The molecule has 1 aromatic carbocycles. The minimum absolute atomic E-state index is 0.406. The maximum Gasteiger partial charge on any atom is 0.198 e. The molecule has 75 valence electrons. The standard InChI is InChI=1S/C11H11F2O/c12-10-6-5-9(8-11(10)13)4-2-1-3-7-14/h5-6,8H,1-4H2. The Morgan fingerprint density at radius 1 is 1.14 bits per heavy atom. The minimum Gasteiger partial charge on any atom is -0.291 e. The van der Waals surface area contributed by atoms with E-state index in [9.17, 15) is 13.6 Å². The van der Waals surface area contributed by atoms with E-state index >= 15 is 0 Å². The van der Waals surface area contributed by atoms with Gasteiger partial charge in [-0.25, -0.2) is 8.78 Å². The first-order valence-electron chi connectivity index (χ1n) is 4.53. The van der Waals surface area contributed by atoms with Crippen LogP contribution in [0.5, 0.6) is 0 Å². The molecule has 0 saturated heterocycles. The molecule has 0 N–H and O–H groups in total. The monoisotopic (exact) mass is 197 g/mol. The van der Waals surface area contributed by atoms with Gasteiger partial charge in [-0.2, -0.15) is 0 Å². The van der Waals surface area contributed by atoms with Crippen LogP contribution < -0.4 is 0 Å². The van der Waals surface area contributed by atoms with E-state index in [1.54, 1.807) is 12.4 Å². The third-order valence-corrected chi connectivity index (χ3v) is 1.98. The Morgan fingerprint density at radius 3 is 2.57 bits per heavy atom. The number of unbranched alkanes of at least 4 members (excludes halogenated alkanes) is 2. The predicted octanol–water partition coefficient (Wildman–Crippen LogP) is 2.79. The Hall–Kier alpha value is -1.25. The van der Waals surface area contributed by atoms with Crippen LogP contribution in [0.4, 0.5) is 8.78 Å². The Morgan fingerprint density at radius 2 is 1.93 bits per heavy atom. The van der Waals surface area contributed by atoms with Crippen LogP contribution in [0.3, 0.4) is 0 Å². The first kappa shape index (κ1) is 10.8. The number of hydrogen-bond acceptors (Lipinski definition) is 1. The van der Waals surface area contributed by atoms with Crippen LogP contribution in [0.1, 0.15) is 24.8 Å². The van der Waals surface area contributed by atoms with Crippen molar-refractivity contribution in [2.24, 2.45) is 0 Å². The summed E-state index contributed by atoms with van der Waals surface area (Å²) in [6.45, 7) is 0. The summed E-state index contributed by atoms with van der Waals surface area (Å²) in [7, 11) is 0. The van der Waals surface area contributed by atoms with E-state index in [4.69, 9.17) is 0 Å². The number of halogens is 2. The van der Waals surface area contributed by atoms with Gasteiger partial charge in [-0.05, 0) is 37.0 Å². The van der Waals surface area contributed by atoms with E-state index in [1.165, 1.54) is 6.07 Å². The maximum atomic E-state index is 12.7. The van der Waals surface area contributed by atoms with Gasteiger partial charge < -0.3 is 0 Å². The lowest BCUT2D eigenvalue weighted by Gasteiger charge is -2.00. The lowest BCUT2D eigenvalue weighted by Crippen LogP contribution is -1.90. The van der Waals surface area contributed by atoms with Crippen molar-refractivity contribution in [1.29, 1.82) is 0 Å². The summed E-state index contributed by atoms with van der Waals surface area (Å²) in [5.41, 5.74) is 0.759. The number of hydrogen-bond donors (Lipinski definition) is 0. The molecule has 0 aliphatic carbocycles. The molecule has 0 aromatic heterocycles. The van der Waals surface area contributed by atoms with E-state index in [2.05, 4.69) is 0 Å². The van der Waals surface area contributed by atoms with Crippen molar-refractivity contribution in [2.45, 2.75) is 25.7 Å². The highest BCUT2D eigenvalue weighted by atomic mass is 19.2. The summed E-state index contributed by atoms with van der Waals surface area (Å²) >= 11 is 0. The molecule has 0 heterocycles. The summed E-state index contributed by atoms with van der Waals surface area (Å²) in [4.78, 5) is 9.88. The molecule has 0 amide bonds. The summed E-state index contributed by atoms with van der Waals surface area (Å²) in [6, 6.07) is 3.87. The molecular weight excluding hydrogens is 186 g/mol. The topological polar surface area (TPSA) is 17.1 Å². The van der Waals surface area contributed by atoms with Crippen molar-refractivity contribution in [1.82, 2.24) is 0 Å². The highest BCUT2D eigenvalue weighted by Crippen LogP contribution is 2.11. The summed E-state index contributed by atoms with van der Waals surface area (Å²) in [5.74, 6) is -1.64. The largest absolute Gasteiger partial charge is 0.291 e. The zero-order chi connectivity index (χ0) is 10.4. The maximum absolute atomic E-state index is 12.7. The van der Waals surface area contributed by atoms with Gasteiger partial charge in [0.15, 0.2) is 17.9 Å². The SMILES string of the molecule is O=[C]CCCCc1ccc(F)c(F)c1. The van der Waals surface area contributed by atoms with Gasteiger partial charge in [-0.3, -0.25) is 4.79 Å². The molecule has 3 heteroatoms. The first-order chi connectivity index (χ1) is 6.74. The van der Waals surface area contributed by atoms with Crippen LogP contribution in [-0.2, 0) is 11.2 Å². The molecule has 0 spiro atoms. The van der Waals surface area contributed by atoms with Crippen molar-refractivity contribution in [3.05, 3.63) is 35.4 Å². The van der Waals surface area contributed by atoms with E-state index < -0.39 is 11.6 Å². The van der Waals surface area contributed by atoms with Crippen LogP contribution in [0, 0.1) is 11.6 Å². The van der Waals surface area contributed by atoms with Crippen molar-refractivity contribution < 1.29 is 13.6 Å². The van der Waals surface area contributed by atoms with E-state index in [0.717, 1.165) is 24.5 Å². The Balaban J connectivity index is 2.43. The molecule has 0 unspecified atom stereocenters. The molecule has 1 nitrogen and oxygen atoms in total. The molecular formula is C11H11F2O. The lowest BCUT2D eigenvalue weighted by atomic mass is 10.1. The number of carbonyl (C=O) groups excluding carboxylic acids is 1. The molecule has 1 rings (SSSR count). The van der Waals surface area contributed by atoms with Gasteiger partial charge >= 0.3 is 0 Å². The van der Waals surface area contributed by atoms with E-state index in [0.29, 0.717) is 12.8 Å². The smallest absolute Gasteiger partial charge is 0.198 e. The van der Waals surface area contributed by atoms with Crippen molar-refractivity contribution in [3.63, 3.8) is 0 Å². The number of aryl methyl sites for hydroxylation is 1. The molecule has 0 bridgehead atoms. The molecule has 0 fully saturated rings. The Kier molecular flexibility index (Phi) is 4.23. The number of rotatable bonds is 5. The quantitative estimate of drug-likeness (QED) is 0.663. The normalized spacial score (nSPS) is 10.1. The average Bonchev–Trinajstić information content (AvgIpc) is 2.18.